The van der Waals surface area contributed by atoms with E-state index in [0.717, 1.165) is 16.4 Å². The third-order valence-electron chi connectivity index (χ3n) is 2.50. The molecule has 0 radical (unpaired) electrons. The van der Waals surface area contributed by atoms with Crippen LogP contribution in [0.25, 0.3) is 0 Å². The summed E-state index contributed by atoms with van der Waals surface area (Å²) in [6.45, 7) is 2.10. The minimum atomic E-state index is -1.03. The fourth-order valence-corrected chi connectivity index (χ4v) is 2.09. The Bertz CT molecular complexity index is 612. The highest BCUT2D eigenvalue weighted by Crippen LogP contribution is 2.22. The number of rotatable bonds is 6. The molecule has 0 unspecified atom stereocenters. The van der Waals surface area contributed by atoms with Gasteiger partial charge in [0.1, 0.15) is 11.3 Å². The highest BCUT2D eigenvalue weighted by molar-refractivity contribution is 14.1. The normalized spacial score (nSPS) is 10.5. The summed E-state index contributed by atoms with van der Waals surface area (Å²) in [4.78, 5) is 15.3. The molecule has 0 aliphatic rings. The van der Waals surface area contributed by atoms with E-state index in [-0.39, 0.29) is 12.2 Å². The van der Waals surface area contributed by atoms with Crippen LogP contribution in [-0.4, -0.2) is 21.2 Å². The van der Waals surface area contributed by atoms with Crippen LogP contribution in [0.1, 0.15) is 35.4 Å². The van der Waals surface area contributed by atoms with Crippen molar-refractivity contribution < 1.29 is 19.2 Å². The van der Waals surface area contributed by atoms with E-state index < -0.39 is 5.97 Å². The SMILES string of the molecule is CCCc1nc(COc2ccc(I)cc2C(=O)O)no1. The van der Waals surface area contributed by atoms with Crippen molar-refractivity contribution in [2.75, 3.05) is 0 Å². The Morgan fingerprint density at radius 1 is 1.50 bits per heavy atom. The molecule has 0 bridgehead atoms. The molecule has 2 aromatic rings. The molecule has 0 aliphatic carbocycles. The second-order valence-corrected chi connectivity index (χ2v) is 5.33. The van der Waals surface area contributed by atoms with E-state index in [1.165, 1.54) is 0 Å². The van der Waals surface area contributed by atoms with Crippen LogP contribution >= 0.6 is 22.6 Å². The molecule has 0 amide bonds. The summed E-state index contributed by atoms with van der Waals surface area (Å²) >= 11 is 2.05. The molecule has 1 aromatic carbocycles. The van der Waals surface area contributed by atoms with Crippen molar-refractivity contribution in [1.29, 1.82) is 0 Å². The third kappa shape index (κ3) is 3.69. The first-order valence-electron chi connectivity index (χ1n) is 6.07. The zero-order valence-electron chi connectivity index (χ0n) is 10.8. The Hall–Kier alpha value is -1.64. The number of carboxylic acids is 1. The van der Waals surface area contributed by atoms with Crippen molar-refractivity contribution in [3.63, 3.8) is 0 Å². The predicted molar refractivity (Wildman–Crippen MR) is 78.7 cm³/mol. The first-order chi connectivity index (χ1) is 9.60. The molecule has 0 spiro atoms. The number of nitrogens with zero attached hydrogens (tertiary/aromatic N) is 2. The van der Waals surface area contributed by atoms with Crippen LogP contribution in [0.4, 0.5) is 0 Å². The number of aromatic nitrogens is 2. The number of hydrogen-bond donors (Lipinski definition) is 1. The van der Waals surface area contributed by atoms with E-state index in [0.29, 0.717) is 17.5 Å². The van der Waals surface area contributed by atoms with Crippen molar-refractivity contribution in [3.8, 4) is 5.75 Å². The fraction of sp³-hybridized carbons (Fsp3) is 0.308. The monoisotopic (exact) mass is 388 g/mol. The van der Waals surface area contributed by atoms with Crippen molar-refractivity contribution in [2.24, 2.45) is 0 Å². The van der Waals surface area contributed by atoms with Crippen molar-refractivity contribution in [3.05, 3.63) is 39.0 Å². The van der Waals surface area contributed by atoms with Gasteiger partial charge in [0.05, 0.1) is 0 Å². The molecule has 0 saturated heterocycles. The Balaban J connectivity index is 2.08. The van der Waals surface area contributed by atoms with Gasteiger partial charge in [-0.2, -0.15) is 4.98 Å². The summed E-state index contributed by atoms with van der Waals surface area (Å²) in [6.07, 6.45) is 1.64. The third-order valence-corrected chi connectivity index (χ3v) is 3.17. The zero-order chi connectivity index (χ0) is 14.5. The Morgan fingerprint density at radius 2 is 2.30 bits per heavy atom. The molecule has 2 rings (SSSR count). The van der Waals surface area contributed by atoms with Crippen molar-refractivity contribution in [2.45, 2.75) is 26.4 Å². The molecule has 0 atom stereocenters. The van der Waals surface area contributed by atoms with E-state index >= 15 is 0 Å². The lowest BCUT2D eigenvalue weighted by Crippen LogP contribution is -2.04. The van der Waals surface area contributed by atoms with E-state index in [1.54, 1.807) is 18.2 Å². The van der Waals surface area contributed by atoms with E-state index in [2.05, 4.69) is 10.1 Å². The Morgan fingerprint density at radius 3 is 3.00 bits per heavy atom. The second-order valence-electron chi connectivity index (χ2n) is 4.09. The lowest BCUT2D eigenvalue weighted by molar-refractivity contribution is 0.0691. The lowest BCUT2D eigenvalue weighted by atomic mass is 10.2. The summed E-state index contributed by atoms with van der Waals surface area (Å²) in [5.41, 5.74) is 0.120. The maximum Gasteiger partial charge on any atom is 0.339 e. The fourth-order valence-electron chi connectivity index (χ4n) is 1.60. The zero-order valence-corrected chi connectivity index (χ0v) is 13.0. The molecule has 0 saturated carbocycles. The summed E-state index contributed by atoms with van der Waals surface area (Å²) in [6, 6.07) is 4.95. The van der Waals surface area contributed by atoms with Gasteiger partial charge in [-0.3, -0.25) is 0 Å². The average molecular weight is 388 g/mol. The van der Waals surface area contributed by atoms with E-state index in [4.69, 9.17) is 14.4 Å². The Labute approximate surface area is 129 Å². The topological polar surface area (TPSA) is 85.5 Å². The molecule has 7 heteroatoms. The molecule has 1 aromatic heterocycles. The molecule has 1 N–H and O–H groups in total. The number of carbonyl (C=O) groups is 1. The van der Waals surface area contributed by atoms with Crippen molar-refractivity contribution >= 4 is 28.6 Å². The summed E-state index contributed by atoms with van der Waals surface area (Å²) in [7, 11) is 0. The van der Waals surface area contributed by atoms with Gasteiger partial charge in [0.2, 0.25) is 11.7 Å². The van der Waals surface area contributed by atoms with Crippen LogP contribution in [0, 0.1) is 3.57 Å². The van der Waals surface area contributed by atoms with Gasteiger partial charge in [-0.25, -0.2) is 4.79 Å². The minimum Gasteiger partial charge on any atom is -0.485 e. The minimum absolute atomic E-state index is 0.0775. The van der Waals surface area contributed by atoms with Gasteiger partial charge in [0.25, 0.3) is 0 Å². The van der Waals surface area contributed by atoms with Gasteiger partial charge in [0, 0.05) is 9.99 Å². The molecule has 20 heavy (non-hydrogen) atoms. The predicted octanol–water partition coefficient (Wildman–Crippen LogP) is 2.90. The summed E-state index contributed by atoms with van der Waals surface area (Å²) in [5.74, 6) is 0.230. The maximum atomic E-state index is 11.1. The second kappa shape index (κ2) is 6.69. The number of aryl methyl sites for hydroxylation is 1. The number of ether oxygens (including phenoxy) is 1. The quantitative estimate of drug-likeness (QED) is 0.767. The van der Waals surface area contributed by atoms with Gasteiger partial charge >= 0.3 is 5.97 Å². The molecule has 106 valence electrons. The number of benzene rings is 1. The van der Waals surface area contributed by atoms with Crippen LogP contribution in [0.5, 0.6) is 5.75 Å². The summed E-state index contributed by atoms with van der Waals surface area (Å²) in [5, 5.41) is 12.9. The van der Waals surface area contributed by atoms with E-state index in [9.17, 15) is 4.79 Å². The van der Waals surface area contributed by atoms with Crippen LogP contribution in [-0.2, 0) is 13.0 Å². The molecule has 6 nitrogen and oxygen atoms in total. The van der Waals surface area contributed by atoms with Crippen LogP contribution in [0.2, 0.25) is 0 Å². The van der Waals surface area contributed by atoms with Gasteiger partial charge in [-0.05, 0) is 47.2 Å². The first kappa shape index (κ1) is 14.8. The molecular weight excluding hydrogens is 375 g/mol. The van der Waals surface area contributed by atoms with Gasteiger partial charge in [0.15, 0.2) is 6.61 Å². The lowest BCUT2D eigenvalue weighted by Gasteiger charge is -2.07. The van der Waals surface area contributed by atoms with E-state index in [1.807, 2.05) is 29.5 Å². The van der Waals surface area contributed by atoms with Gasteiger partial charge < -0.3 is 14.4 Å². The average Bonchev–Trinajstić information content (AvgIpc) is 2.85. The summed E-state index contributed by atoms with van der Waals surface area (Å²) < 4.78 is 11.3. The largest absolute Gasteiger partial charge is 0.485 e. The maximum absolute atomic E-state index is 11.1. The highest BCUT2D eigenvalue weighted by atomic mass is 127. The number of hydrogen-bond acceptors (Lipinski definition) is 5. The number of carboxylic acid groups (broad SMARTS) is 1. The standard InChI is InChI=1S/C13H13IN2O4/c1-2-3-12-15-11(16-20-12)7-19-10-5-4-8(14)6-9(10)13(17)18/h4-6H,2-3,7H2,1H3,(H,17,18). The molecule has 1 heterocycles. The van der Waals surface area contributed by atoms with Crippen LogP contribution < -0.4 is 4.74 Å². The highest BCUT2D eigenvalue weighted by Gasteiger charge is 2.13. The van der Waals surface area contributed by atoms with Crippen LogP contribution in [0.15, 0.2) is 22.7 Å². The van der Waals surface area contributed by atoms with Crippen LogP contribution in [0.3, 0.4) is 0 Å². The Kier molecular flexibility index (Phi) is 4.94. The smallest absolute Gasteiger partial charge is 0.339 e. The molecule has 0 aliphatic heterocycles. The van der Waals surface area contributed by atoms with Crippen molar-refractivity contribution in [1.82, 2.24) is 10.1 Å². The first-order valence-corrected chi connectivity index (χ1v) is 7.15. The molecular formula is C13H13IN2O4. The van der Waals surface area contributed by atoms with Gasteiger partial charge in [-0.1, -0.05) is 12.1 Å². The number of halogens is 1. The number of aromatic carboxylic acids is 1. The molecule has 0 fully saturated rings. The van der Waals surface area contributed by atoms with Gasteiger partial charge in [-0.15, -0.1) is 0 Å².